The maximum absolute atomic E-state index is 11.1. The minimum Gasteiger partial charge on any atom is -0.475 e. The lowest BCUT2D eigenvalue weighted by Gasteiger charge is -2.10. The first-order valence-electron chi connectivity index (χ1n) is 5.49. The van der Waals surface area contributed by atoms with Crippen LogP contribution in [0, 0.1) is 0 Å². The van der Waals surface area contributed by atoms with Crippen molar-refractivity contribution in [1.82, 2.24) is 9.97 Å². The Kier molecular flexibility index (Phi) is 3.53. The summed E-state index contributed by atoms with van der Waals surface area (Å²) in [5, 5.41) is 0. The Morgan fingerprint density at radius 1 is 1.59 bits per heavy atom. The van der Waals surface area contributed by atoms with Crippen molar-refractivity contribution in [3.63, 3.8) is 0 Å². The van der Waals surface area contributed by atoms with Gasteiger partial charge in [0.15, 0.2) is 0 Å². The van der Waals surface area contributed by atoms with Crippen LogP contribution in [-0.2, 0) is 9.53 Å². The Morgan fingerprint density at radius 3 is 3.00 bits per heavy atom. The predicted molar refractivity (Wildman–Crippen MR) is 59.5 cm³/mol. The molecule has 1 unspecified atom stereocenters. The van der Waals surface area contributed by atoms with Gasteiger partial charge in [-0.2, -0.15) is 0 Å². The SMILES string of the molecule is COC(=O)C(N)COc1cc(C2CC2)ncn1. The molecule has 1 aliphatic rings. The molecule has 6 nitrogen and oxygen atoms in total. The third kappa shape index (κ3) is 3.13. The highest BCUT2D eigenvalue weighted by Gasteiger charge is 2.25. The van der Waals surface area contributed by atoms with Crippen LogP contribution in [0.4, 0.5) is 0 Å². The third-order valence-corrected chi connectivity index (χ3v) is 2.57. The number of carbonyl (C=O) groups excluding carboxylic acids is 1. The largest absolute Gasteiger partial charge is 0.475 e. The number of nitrogens with two attached hydrogens (primary N) is 1. The van der Waals surface area contributed by atoms with Crippen LogP contribution in [0.15, 0.2) is 12.4 Å². The Labute approximate surface area is 99.1 Å². The molecule has 6 heteroatoms. The van der Waals surface area contributed by atoms with Gasteiger partial charge in [-0.25, -0.2) is 9.97 Å². The normalized spacial score (nSPS) is 16.4. The van der Waals surface area contributed by atoms with E-state index in [0.717, 1.165) is 18.5 Å². The van der Waals surface area contributed by atoms with Crippen molar-refractivity contribution in [2.75, 3.05) is 13.7 Å². The van der Waals surface area contributed by atoms with Gasteiger partial charge in [0.25, 0.3) is 0 Å². The van der Waals surface area contributed by atoms with Crippen LogP contribution in [-0.4, -0.2) is 35.7 Å². The van der Waals surface area contributed by atoms with Crippen LogP contribution in [0.5, 0.6) is 5.88 Å². The van der Waals surface area contributed by atoms with E-state index in [1.807, 2.05) is 0 Å². The van der Waals surface area contributed by atoms with Gasteiger partial charge >= 0.3 is 5.97 Å². The summed E-state index contributed by atoms with van der Waals surface area (Å²) >= 11 is 0. The van der Waals surface area contributed by atoms with Gasteiger partial charge in [0.05, 0.1) is 12.8 Å². The highest BCUT2D eigenvalue weighted by Crippen LogP contribution is 2.39. The van der Waals surface area contributed by atoms with E-state index in [2.05, 4.69) is 14.7 Å². The fraction of sp³-hybridized carbons (Fsp3) is 0.545. The first-order valence-corrected chi connectivity index (χ1v) is 5.49. The molecule has 17 heavy (non-hydrogen) atoms. The molecular weight excluding hydrogens is 222 g/mol. The number of carbonyl (C=O) groups is 1. The van der Waals surface area contributed by atoms with Crippen molar-refractivity contribution in [3.05, 3.63) is 18.1 Å². The summed E-state index contributed by atoms with van der Waals surface area (Å²) in [7, 11) is 1.29. The van der Waals surface area contributed by atoms with E-state index >= 15 is 0 Å². The molecule has 1 fully saturated rings. The summed E-state index contributed by atoms with van der Waals surface area (Å²) in [6.45, 7) is 0.0494. The van der Waals surface area contributed by atoms with E-state index in [9.17, 15) is 4.79 Å². The second-order valence-corrected chi connectivity index (χ2v) is 4.00. The highest BCUT2D eigenvalue weighted by molar-refractivity contribution is 5.75. The Morgan fingerprint density at radius 2 is 2.35 bits per heavy atom. The predicted octanol–water partition coefficient (Wildman–Crippen LogP) is 0.233. The molecule has 1 saturated carbocycles. The number of methoxy groups -OCH3 is 1. The molecule has 0 aliphatic heterocycles. The number of nitrogens with zero attached hydrogens (tertiary/aromatic N) is 2. The summed E-state index contributed by atoms with van der Waals surface area (Å²) in [5.41, 5.74) is 6.53. The number of ether oxygens (including phenoxy) is 2. The molecule has 0 amide bonds. The van der Waals surface area contributed by atoms with Crippen LogP contribution >= 0.6 is 0 Å². The van der Waals surface area contributed by atoms with E-state index < -0.39 is 12.0 Å². The van der Waals surface area contributed by atoms with E-state index in [1.54, 1.807) is 6.07 Å². The third-order valence-electron chi connectivity index (χ3n) is 2.57. The Hall–Kier alpha value is -1.69. The lowest BCUT2D eigenvalue weighted by molar-refractivity contribution is -0.142. The van der Waals surface area contributed by atoms with Crippen LogP contribution in [0.2, 0.25) is 0 Å². The quantitative estimate of drug-likeness (QED) is 0.738. The second kappa shape index (κ2) is 5.09. The summed E-state index contributed by atoms with van der Waals surface area (Å²) in [4.78, 5) is 19.2. The lowest BCUT2D eigenvalue weighted by Crippen LogP contribution is -2.37. The molecule has 1 aromatic rings. The molecule has 2 rings (SSSR count). The molecule has 2 N–H and O–H groups in total. The number of rotatable bonds is 5. The molecule has 0 bridgehead atoms. The van der Waals surface area contributed by atoms with Gasteiger partial charge in [-0.15, -0.1) is 0 Å². The second-order valence-electron chi connectivity index (χ2n) is 4.00. The van der Waals surface area contributed by atoms with Crippen molar-refractivity contribution in [2.24, 2.45) is 5.73 Å². The first kappa shape index (κ1) is 11.8. The maximum atomic E-state index is 11.1. The fourth-order valence-corrected chi connectivity index (χ4v) is 1.43. The Bertz CT molecular complexity index is 407. The molecule has 1 heterocycles. The first-order chi connectivity index (χ1) is 8.20. The fourth-order valence-electron chi connectivity index (χ4n) is 1.43. The molecule has 0 radical (unpaired) electrons. The molecular formula is C11H15N3O3. The molecule has 92 valence electrons. The molecule has 1 atom stereocenters. The van der Waals surface area contributed by atoms with Crippen molar-refractivity contribution in [3.8, 4) is 5.88 Å². The van der Waals surface area contributed by atoms with Crippen molar-refractivity contribution >= 4 is 5.97 Å². The molecule has 1 aliphatic carbocycles. The highest BCUT2D eigenvalue weighted by atomic mass is 16.5. The van der Waals surface area contributed by atoms with E-state index in [4.69, 9.17) is 10.5 Å². The smallest absolute Gasteiger partial charge is 0.326 e. The van der Waals surface area contributed by atoms with E-state index in [0.29, 0.717) is 11.8 Å². The minimum absolute atomic E-state index is 0.0494. The average molecular weight is 237 g/mol. The zero-order valence-corrected chi connectivity index (χ0v) is 9.63. The zero-order valence-electron chi connectivity index (χ0n) is 9.63. The van der Waals surface area contributed by atoms with Gasteiger partial charge in [-0.05, 0) is 12.8 Å². The summed E-state index contributed by atoms with van der Waals surface area (Å²) in [6, 6.07) is 1.00. The van der Waals surface area contributed by atoms with Gasteiger partial charge < -0.3 is 15.2 Å². The zero-order chi connectivity index (χ0) is 12.3. The van der Waals surface area contributed by atoms with Crippen molar-refractivity contribution in [2.45, 2.75) is 24.8 Å². The maximum Gasteiger partial charge on any atom is 0.326 e. The summed E-state index contributed by atoms with van der Waals surface area (Å²) in [6.07, 6.45) is 3.79. The standard InChI is InChI=1S/C11H15N3O3/c1-16-11(15)8(12)5-17-10-4-9(7-2-3-7)13-6-14-10/h4,6-8H,2-3,5,12H2,1H3. The van der Waals surface area contributed by atoms with Gasteiger partial charge in [-0.1, -0.05) is 0 Å². The van der Waals surface area contributed by atoms with Crippen LogP contribution in [0.25, 0.3) is 0 Å². The van der Waals surface area contributed by atoms with E-state index in [1.165, 1.54) is 13.4 Å². The number of esters is 1. The average Bonchev–Trinajstić information content (AvgIpc) is 3.19. The minimum atomic E-state index is -0.792. The Balaban J connectivity index is 1.90. The van der Waals surface area contributed by atoms with Crippen LogP contribution in [0.3, 0.4) is 0 Å². The number of hydrogen-bond acceptors (Lipinski definition) is 6. The summed E-state index contributed by atoms with van der Waals surface area (Å²) < 4.78 is 9.83. The van der Waals surface area contributed by atoms with Gasteiger partial charge in [0, 0.05) is 12.0 Å². The van der Waals surface area contributed by atoms with Crippen molar-refractivity contribution < 1.29 is 14.3 Å². The van der Waals surface area contributed by atoms with Crippen molar-refractivity contribution in [1.29, 1.82) is 0 Å². The molecule has 1 aromatic heterocycles. The molecule has 0 saturated heterocycles. The topological polar surface area (TPSA) is 87.3 Å². The monoisotopic (exact) mass is 237 g/mol. The van der Waals surface area contributed by atoms with Crippen LogP contribution < -0.4 is 10.5 Å². The van der Waals surface area contributed by atoms with E-state index in [-0.39, 0.29) is 6.61 Å². The van der Waals surface area contributed by atoms with Crippen LogP contribution in [0.1, 0.15) is 24.5 Å². The van der Waals surface area contributed by atoms with Gasteiger partial charge in [0.1, 0.15) is 19.0 Å². The molecule has 0 aromatic carbocycles. The van der Waals surface area contributed by atoms with Gasteiger partial charge in [0.2, 0.25) is 5.88 Å². The number of hydrogen-bond donors (Lipinski definition) is 1. The lowest BCUT2D eigenvalue weighted by atomic mass is 10.3. The van der Waals surface area contributed by atoms with Gasteiger partial charge in [-0.3, -0.25) is 4.79 Å². The number of aromatic nitrogens is 2. The molecule has 0 spiro atoms. The summed E-state index contributed by atoms with van der Waals surface area (Å²) in [5.74, 6) is 0.484.